The van der Waals surface area contributed by atoms with E-state index in [2.05, 4.69) is 10.5 Å². The molecule has 0 atom stereocenters. The van der Waals surface area contributed by atoms with Crippen LogP contribution < -0.4 is 10.1 Å². The molecule has 1 aliphatic rings. The zero-order valence-electron chi connectivity index (χ0n) is 12.7. The number of methoxy groups -OCH3 is 1. The van der Waals surface area contributed by atoms with E-state index in [1.807, 2.05) is 30.3 Å². The van der Waals surface area contributed by atoms with Gasteiger partial charge in [0.05, 0.1) is 19.2 Å². The van der Waals surface area contributed by atoms with Crippen LogP contribution in [0.3, 0.4) is 0 Å². The quantitative estimate of drug-likeness (QED) is 0.922. The first-order valence-corrected chi connectivity index (χ1v) is 7.64. The van der Waals surface area contributed by atoms with E-state index < -0.39 is 0 Å². The summed E-state index contributed by atoms with van der Waals surface area (Å²) in [5.74, 6) is 1.47. The molecule has 1 aromatic carbocycles. The molecule has 0 aliphatic heterocycles. The molecule has 0 saturated heterocycles. The first-order chi connectivity index (χ1) is 10.7. The second-order valence-electron chi connectivity index (χ2n) is 5.64. The topological polar surface area (TPSA) is 64.4 Å². The number of hydrogen-bond acceptors (Lipinski definition) is 4. The van der Waals surface area contributed by atoms with E-state index in [0.29, 0.717) is 17.5 Å². The maximum Gasteiger partial charge on any atom is 0.226 e. The number of nitrogens with one attached hydrogen (secondary N) is 1. The lowest BCUT2D eigenvalue weighted by molar-refractivity contribution is -0.121. The predicted octanol–water partition coefficient (Wildman–Crippen LogP) is 2.95. The number of rotatable bonds is 5. The second kappa shape index (κ2) is 6.64. The summed E-state index contributed by atoms with van der Waals surface area (Å²) in [5.41, 5.74) is 1.57. The van der Waals surface area contributed by atoms with Crippen LogP contribution in [0.25, 0.3) is 11.3 Å². The molecule has 1 heterocycles. The number of carbonyl (C=O) groups is 1. The summed E-state index contributed by atoms with van der Waals surface area (Å²) in [7, 11) is 1.63. The van der Waals surface area contributed by atoms with Crippen LogP contribution in [0.15, 0.2) is 34.9 Å². The van der Waals surface area contributed by atoms with Gasteiger partial charge in [-0.1, -0.05) is 18.0 Å². The average Bonchev–Trinajstić information content (AvgIpc) is 3.19. The Morgan fingerprint density at radius 3 is 2.73 bits per heavy atom. The lowest BCUT2D eigenvalue weighted by Crippen LogP contribution is -2.33. The van der Waals surface area contributed by atoms with Gasteiger partial charge >= 0.3 is 0 Å². The van der Waals surface area contributed by atoms with E-state index in [4.69, 9.17) is 9.26 Å². The largest absolute Gasteiger partial charge is 0.497 e. The molecule has 5 nitrogen and oxygen atoms in total. The molecule has 22 heavy (non-hydrogen) atoms. The molecule has 1 aliphatic carbocycles. The van der Waals surface area contributed by atoms with Gasteiger partial charge in [-0.3, -0.25) is 4.79 Å². The molecule has 1 saturated carbocycles. The fraction of sp³-hybridized carbons (Fsp3) is 0.412. The maximum atomic E-state index is 12.0. The number of aromatic nitrogens is 1. The van der Waals surface area contributed by atoms with Crippen LogP contribution >= 0.6 is 0 Å². The number of nitrogens with zero attached hydrogens (tertiary/aromatic N) is 1. The van der Waals surface area contributed by atoms with Crippen molar-refractivity contribution in [3.63, 3.8) is 0 Å². The maximum absolute atomic E-state index is 12.0. The molecule has 1 aromatic heterocycles. The van der Waals surface area contributed by atoms with Crippen molar-refractivity contribution < 1.29 is 14.1 Å². The van der Waals surface area contributed by atoms with Crippen molar-refractivity contribution in [2.24, 2.45) is 0 Å². The summed E-state index contributed by atoms with van der Waals surface area (Å²) >= 11 is 0. The molecule has 0 radical (unpaired) electrons. The highest BCUT2D eigenvalue weighted by molar-refractivity contribution is 5.78. The van der Waals surface area contributed by atoms with Crippen molar-refractivity contribution in [2.45, 2.75) is 38.1 Å². The van der Waals surface area contributed by atoms with Gasteiger partial charge in [-0.05, 0) is 37.1 Å². The Bertz CT molecular complexity index is 628. The van der Waals surface area contributed by atoms with E-state index in [1.165, 1.54) is 12.8 Å². The molecule has 0 unspecified atom stereocenters. The average molecular weight is 300 g/mol. The van der Waals surface area contributed by atoms with Gasteiger partial charge in [0.1, 0.15) is 5.75 Å². The Balaban J connectivity index is 1.61. The number of hydrogen-bond donors (Lipinski definition) is 1. The van der Waals surface area contributed by atoms with E-state index in [0.717, 1.165) is 24.2 Å². The fourth-order valence-electron chi connectivity index (χ4n) is 2.80. The summed E-state index contributed by atoms with van der Waals surface area (Å²) in [4.78, 5) is 12.0. The minimum atomic E-state index is 0.0153. The minimum absolute atomic E-state index is 0.0153. The third-order valence-electron chi connectivity index (χ3n) is 4.00. The van der Waals surface area contributed by atoms with E-state index in [9.17, 15) is 4.79 Å². The van der Waals surface area contributed by atoms with Crippen molar-refractivity contribution in [1.82, 2.24) is 10.5 Å². The van der Waals surface area contributed by atoms with Gasteiger partial charge in [0, 0.05) is 17.7 Å². The van der Waals surface area contributed by atoms with Gasteiger partial charge in [0.2, 0.25) is 5.91 Å². The van der Waals surface area contributed by atoms with Crippen LogP contribution in [0.2, 0.25) is 0 Å². The molecule has 0 spiro atoms. The SMILES string of the molecule is COc1ccc(-c2cc(CC(=O)NC3CCCC3)no2)cc1. The zero-order chi connectivity index (χ0) is 15.4. The van der Waals surface area contributed by atoms with Crippen LogP contribution in [0.1, 0.15) is 31.4 Å². The third kappa shape index (κ3) is 3.47. The van der Waals surface area contributed by atoms with E-state index >= 15 is 0 Å². The summed E-state index contributed by atoms with van der Waals surface area (Å²) < 4.78 is 10.5. The van der Waals surface area contributed by atoms with Gasteiger partial charge < -0.3 is 14.6 Å². The molecule has 0 bridgehead atoms. The molecular weight excluding hydrogens is 280 g/mol. The molecular formula is C17H20N2O3. The van der Waals surface area contributed by atoms with Crippen LogP contribution in [0.4, 0.5) is 0 Å². The minimum Gasteiger partial charge on any atom is -0.497 e. The Kier molecular flexibility index (Phi) is 4.42. The summed E-state index contributed by atoms with van der Waals surface area (Å²) in [5, 5.41) is 7.04. The Morgan fingerprint density at radius 2 is 2.05 bits per heavy atom. The van der Waals surface area contributed by atoms with Gasteiger partial charge in [0.25, 0.3) is 0 Å². The number of amides is 1. The second-order valence-corrected chi connectivity index (χ2v) is 5.64. The number of ether oxygens (including phenoxy) is 1. The number of carbonyl (C=O) groups excluding carboxylic acids is 1. The van der Waals surface area contributed by atoms with Crippen molar-refractivity contribution in [2.75, 3.05) is 7.11 Å². The molecule has 116 valence electrons. The standard InChI is InChI=1S/C17H20N2O3/c1-21-15-8-6-12(7-9-15)16-10-14(19-22-16)11-17(20)18-13-4-2-3-5-13/h6-10,13H,2-5,11H2,1H3,(H,18,20). The normalized spacial score (nSPS) is 15.0. The first-order valence-electron chi connectivity index (χ1n) is 7.64. The fourth-order valence-corrected chi connectivity index (χ4v) is 2.80. The van der Waals surface area contributed by atoms with Crippen molar-refractivity contribution in [3.05, 3.63) is 36.0 Å². The molecule has 1 N–H and O–H groups in total. The summed E-state index contributed by atoms with van der Waals surface area (Å²) in [6.07, 6.45) is 4.84. The van der Waals surface area contributed by atoms with Crippen molar-refractivity contribution >= 4 is 5.91 Å². The van der Waals surface area contributed by atoms with Crippen LogP contribution in [0, 0.1) is 0 Å². The Labute approximate surface area is 129 Å². The molecule has 3 rings (SSSR count). The number of benzene rings is 1. The lowest BCUT2D eigenvalue weighted by atomic mass is 10.1. The molecule has 5 heteroatoms. The monoisotopic (exact) mass is 300 g/mol. The van der Waals surface area contributed by atoms with Crippen LogP contribution in [0.5, 0.6) is 5.75 Å². The van der Waals surface area contributed by atoms with E-state index in [1.54, 1.807) is 7.11 Å². The van der Waals surface area contributed by atoms with Crippen LogP contribution in [-0.2, 0) is 11.2 Å². The highest BCUT2D eigenvalue weighted by Crippen LogP contribution is 2.23. The molecule has 1 amide bonds. The van der Waals surface area contributed by atoms with Gasteiger partial charge in [0.15, 0.2) is 5.76 Å². The highest BCUT2D eigenvalue weighted by atomic mass is 16.5. The zero-order valence-corrected chi connectivity index (χ0v) is 12.7. The summed E-state index contributed by atoms with van der Waals surface area (Å²) in [6.45, 7) is 0. The Hall–Kier alpha value is -2.30. The van der Waals surface area contributed by atoms with Crippen molar-refractivity contribution in [3.8, 4) is 17.1 Å². The predicted molar refractivity (Wildman–Crippen MR) is 82.6 cm³/mol. The molecule has 1 fully saturated rings. The smallest absolute Gasteiger partial charge is 0.226 e. The molecule has 2 aromatic rings. The van der Waals surface area contributed by atoms with E-state index in [-0.39, 0.29) is 12.3 Å². The summed E-state index contributed by atoms with van der Waals surface area (Å²) in [6, 6.07) is 9.69. The highest BCUT2D eigenvalue weighted by Gasteiger charge is 2.18. The van der Waals surface area contributed by atoms with Gasteiger partial charge in [-0.25, -0.2) is 0 Å². The van der Waals surface area contributed by atoms with Gasteiger partial charge in [-0.15, -0.1) is 0 Å². The van der Waals surface area contributed by atoms with Crippen LogP contribution in [-0.4, -0.2) is 24.2 Å². The lowest BCUT2D eigenvalue weighted by Gasteiger charge is -2.10. The first kappa shape index (κ1) is 14.6. The van der Waals surface area contributed by atoms with Gasteiger partial charge in [-0.2, -0.15) is 0 Å². The third-order valence-corrected chi connectivity index (χ3v) is 4.00. The van der Waals surface area contributed by atoms with Crippen molar-refractivity contribution in [1.29, 1.82) is 0 Å². The Morgan fingerprint density at radius 1 is 1.32 bits per heavy atom.